The minimum absolute atomic E-state index is 0.490. The Kier molecular flexibility index (Phi) is 4.60. The van der Waals surface area contributed by atoms with Crippen molar-refractivity contribution in [3.05, 3.63) is 21.9 Å². The van der Waals surface area contributed by atoms with E-state index in [2.05, 4.69) is 43.2 Å². The van der Waals surface area contributed by atoms with Gasteiger partial charge in [-0.05, 0) is 52.4 Å². The zero-order chi connectivity index (χ0) is 12.3. The number of piperidine rings is 1. The molecule has 2 nitrogen and oxygen atoms in total. The fraction of sp³-hybridized carbons (Fsp3) is 0.714. The summed E-state index contributed by atoms with van der Waals surface area (Å²) in [5, 5.41) is 3.68. The van der Waals surface area contributed by atoms with Crippen molar-refractivity contribution in [2.24, 2.45) is 0 Å². The summed E-state index contributed by atoms with van der Waals surface area (Å²) in [4.78, 5) is 5.37. The predicted octanol–water partition coefficient (Wildman–Crippen LogP) is 3.19. The van der Waals surface area contributed by atoms with Gasteiger partial charge in [-0.2, -0.15) is 0 Å². The van der Waals surface area contributed by atoms with Crippen LogP contribution in [0.4, 0.5) is 0 Å². The Balaban J connectivity index is 1.81. The van der Waals surface area contributed by atoms with E-state index < -0.39 is 0 Å². The van der Waals surface area contributed by atoms with Crippen LogP contribution in [0.3, 0.4) is 0 Å². The quantitative estimate of drug-likeness (QED) is 0.885. The van der Waals surface area contributed by atoms with E-state index >= 15 is 0 Å². The van der Waals surface area contributed by atoms with Crippen LogP contribution < -0.4 is 5.32 Å². The van der Waals surface area contributed by atoms with Gasteiger partial charge in [0.25, 0.3) is 0 Å². The summed E-state index contributed by atoms with van der Waals surface area (Å²) in [6.07, 6.45) is 4.11. The molecule has 0 radical (unpaired) electrons. The molecule has 0 amide bonds. The normalized spacial score (nSPS) is 23.8. The van der Waals surface area contributed by atoms with Gasteiger partial charge in [0.2, 0.25) is 0 Å². The summed E-state index contributed by atoms with van der Waals surface area (Å²) in [6.45, 7) is 6.83. The van der Waals surface area contributed by atoms with Crippen LogP contribution in [0.5, 0.6) is 0 Å². The van der Waals surface area contributed by atoms with Gasteiger partial charge >= 0.3 is 0 Å². The van der Waals surface area contributed by atoms with E-state index in [0.717, 1.165) is 12.6 Å². The van der Waals surface area contributed by atoms with Gasteiger partial charge in [-0.15, -0.1) is 11.3 Å². The fourth-order valence-electron chi connectivity index (χ4n) is 2.50. The minimum Gasteiger partial charge on any atom is -0.308 e. The number of hydrogen-bond acceptors (Lipinski definition) is 3. The van der Waals surface area contributed by atoms with Crippen LogP contribution in [0, 0.1) is 6.92 Å². The minimum atomic E-state index is 0.490. The van der Waals surface area contributed by atoms with E-state index in [1.807, 2.05) is 11.3 Å². The molecule has 0 spiro atoms. The Labute approximate surface area is 109 Å². The van der Waals surface area contributed by atoms with E-state index in [1.54, 1.807) is 0 Å². The Hall–Kier alpha value is -0.380. The van der Waals surface area contributed by atoms with Gasteiger partial charge in [-0.3, -0.25) is 0 Å². The SMILES string of the molecule is Cc1ccc(C(C)NCC2CCCCN2C)s1. The monoisotopic (exact) mass is 252 g/mol. The smallest absolute Gasteiger partial charge is 0.0386 e. The maximum absolute atomic E-state index is 3.68. The van der Waals surface area contributed by atoms with Crippen molar-refractivity contribution in [3.8, 4) is 0 Å². The number of aryl methyl sites for hydroxylation is 1. The number of thiophene rings is 1. The molecule has 0 aromatic carbocycles. The Morgan fingerprint density at radius 1 is 1.47 bits per heavy atom. The van der Waals surface area contributed by atoms with Gasteiger partial charge < -0.3 is 10.2 Å². The number of nitrogens with one attached hydrogen (secondary N) is 1. The van der Waals surface area contributed by atoms with Crippen LogP contribution in [0.2, 0.25) is 0 Å². The average Bonchev–Trinajstić information content (AvgIpc) is 2.74. The number of nitrogens with zero attached hydrogens (tertiary/aromatic N) is 1. The second kappa shape index (κ2) is 5.98. The van der Waals surface area contributed by atoms with Crippen LogP contribution >= 0.6 is 11.3 Å². The largest absolute Gasteiger partial charge is 0.308 e. The lowest BCUT2D eigenvalue weighted by Crippen LogP contribution is -2.43. The molecule has 2 heterocycles. The zero-order valence-electron chi connectivity index (χ0n) is 11.2. The van der Waals surface area contributed by atoms with Crippen molar-refractivity contribution < 1.29 is 0 Å². The van der Waals surface area contributed by atoms with E-state index in [-0.39, 0.29) is 0 Å². The summed E-state index contributed by atoms with van der Waals surface area (Å²) in [5.41, 5.74) is 0. The first-order valence-corrected chi connectivity index (χ1v) is 7.48. The van der Waals surface area contributed by atoms with Gasteiger partial charge in [-0.1, -0.05) is 6.42 Å². The first kappa shape index (κ1) is 13.1. The van der Waals surface area contributed by atoms with E-state index in [4.69, 9.17) is 0 Å². The lowest BCUT2D eigenvalue weighted by molar-refractivity contribution is 0.179. The first-order chi connectivity index (χ1) is 8.16. The lowest BCUT2D eigenvalue weighted by atomic mass is 10.0. The second-order valence-electron chi connectivity index (χ2n) is 5.21. The zero-order valence-corrected chi connectivity index (χ0v) is 12.0. The van der Waals surface area contributed by atoms with E-state index in [1.165, 1.54) is 35.6 Å². The molecule has 2 atom stereocenters. The Bertz CT molecular complexity index is 348. The highest BCUT2D eigenvalue weighted by molar-refractivity contribution is 7.12. The molecule has 17 heavy (non-hydrogen) atoms. The maximum atomic E-state index is 3.68. The highest BCUT2D eigenvalue weighted by atomic mass is 32.1. The average molecular weight is 252 g/mol. The number of rotatable bonds is 4. The van der Waals surface area contributed by atoms with Gasteiger partial charge in [0, 0.05) is 28.4 Å². The molecule has 1 aliphatic heterocycles. The standard InChI is InChI=1S/C14H24N2S/c1-11-7-8-14(17-11)12(2)15-10-13-6-4-5-9-16(13)3/h7-8,12-13,15H,4-6,9-10H2,1-3H3. The number of likely N-dealkylation sites (N-methyl/N-ethyl adjacent to an activating group) is 1. The van der Waals surface area contributed by atoms with E-state index in [0.29, 0.717) is 6.04 Å². The summed E-state index contributed by atoms with van der Waals surface area (Å²) < 4.78 is 0. The number of hydrogen-bond donors (Lipinski definition) is 1. The Morgan fingerprint density at radius 3 is 2.94 bits per heavy atom. The van der Waals surface area contributed by atoms with Gasteiger partial charge in [0.1, 0.15) is 0 Å². The molecule has 0 aliphatic carbocycles. The molecular formula is C14H24N2S. The number of likely N-dealkylation sites (tertiary alicyclic amines) is 1. The van der Waals surface area contributed by atoms with Crippen molar-refractivity contribution in [2.45, 2.75) is 45.2 Å². The second-order valence-corrected chi connectivity index (χ2v) is 6.53. The lowest BCUT2D eigenvalue weighted by Gasteiger charge is -2.33. The maximum Gasteiger partial charge on any atom is 0.0386 e. The molecular weight excluding hydrogens is 228 g/mol. The molecule has 1 saturated heterocycles. The summed E-state index contributed by atoms with van der Waals surface area (Å²) in [6, 6.07) is 5.68. The van der Waals surface area contributed by atoms with Crippen LogP contribution in [-0.2, 0) is 0 Å². The topological polar surface area (TPSA) is 15.3 Å². The van der Waals surface area contributed by atoms with Crippen molar-refractivity contribution >= 4 is 11.3 Å². The first-order valence-electron chi connectivity index (χ1n) is 6.67. The van der Waals surface area contributed by atoms with E-state index in [9.17, 15) is 0 Å². The molecule has 1 aromatic rings. The summed E-state index contributed by atoms with van der Waals surface area (Å²) >= 11 is 1.91. The molecule has 0 saturated carbocycles. The van der Waals surface area contributed by atoms with Crippen LogP contribution in [-0.4, -0.2) is 31.1 Å². The predicted molar refractivity (Wildman–Crippen MR) is 75.7 cm³/mol. The highest BCUT2D eigenvalue weighted by Gasteiger charge is 2.19. The molecule has 3 heteroatoms. The van der Waals surface area contributed by atoms with Crippen LogP contribution in [0.1, 0.15) is 42.0 Å². The van der Waals surface area contributed by atoms with Crippen LogP contribution in [0.15, 0.2) is 12.1 Å². The Morgan fingerprint density at radius 2 is 2.29 bits per heavy atom. The van der Waals surface area contributed by atoms with Crippen LogP contribution in [0.25, 0.3) is 0 Å². The third kappa shape index (κ3) is 3.54. The van der Waals surface area contributed by atoms with Crippen molar-refractivity contribution in [1.82, 2.24) is 10.2 Å². The molecule has 2 rings (SSSR count). The summed E-state index contributed by atoms with van der Waals surface area (Å²) in [5.74, 6) is 0. The van der Waals surface area contributed by atoms with Gasteiger partial charge in [-0.25, -0.2) is 0 Å². The fourth-order valence-corrected chi connectivity index (χ4v) is 3.41. The molecule has 96 valence electrons. The molecule has 2 unspecified atom stereocenters. The highest BCUT2D eigenvalue weighted by Crippen LogP contribution is 2.23. The molecule has 1 aliphatic rings. The molecule has 1 aromatic heterocycles. The molecule has 1 fully saturated rings. The van der Waals surface area contributed by atoms with Crippen molar-refractivity contribution in [2.75, 3.05) is 20.1 Å². The van der Waals surface area contributed by atoms with Crippen molar-refractivity contribution in [1.29, 1.82) is 0 Å². The third-order valence-electron chi connectivity index (χ3n) is 3.77. The van der Waals surface area contributed by atoms with Gasteiger partial charge in [0.05, 0.1) is 0 Å². The van der Waals surface area contributed by atoms with Gasteiger partial charge in [0.15, 0.2) is 0 Å². The molecule has 0 bridgehead atoms. The van der Waals surface area contributed by atoms with Crippen molar-refractivity contribution in [3.63, 3.8) is 0 Å². The summed E-state index contributed by atoms with van der Waals surface area (Å²) in [7, 11) is 2.26. The molecule has 1 N–H and O–H groups in total. The third-order valence-corrected chi connectivity index (χ3v) is 4.95.